The zero-order chi connectivity index (χ0) is 17.9. The summed E-state index contributed by atoms with van der Waals surface area (Å²) in [6.07, 6.45) is 4.31. The largest absolute Gasteiger partial charge is 0.379 e. The lowest BCUT2D eigenvalue weighted by atomic mass is 10.2. The number of thiocarbonyl (C=S) groups is 1. The Morgan fingerprint density at radius 1 is 1.16 bits per heavy atom. The minimum Gasteiger partial charge on any atom is -0.379 e. The Balaban J connectivity index is 1.67. The van der Waals surface area contributed by atoms with E-state index in [1.165, 1.54) is 10.5 Å². The lowest BCUT2D eigenvalue weighted by Crippen LogP contribution is -2.47. The van der Waals surface area contributed by atoms with Crippen molar-refractivity contribution in [3.63, 3.8) is 0 Å². The molecule has 0 fully saturated rings. The van der Waals surface area contributed by atoms with Gasteiger partial charge in [0.15, 0.2) is 11.1 Å². The molecule has 25 heavy (non-hydrogen) atoms. The van der Waals surface area contributed by atoms with Crippen LogP contribution in [0.2, 0.25) is 0 Å². The van der Waals surface area contributed by atoms with Crippen LogP contribution in [0.3, 0.4) is 0 Å². The molecule has 0 unspecified atom stereocenters. The van der Waals surface area contributed by atoms with Crippen molar-refractivity contribution in [3.8, 4) is 0 Å². The summed E-state index contributed by atoms with van der Waals surface area (Å²) in [7, 11) is 0. The van der Waals surface area contributed by atoms with Gasteiger partial charge in [-0.2, -0.15) is 0 Å². The van der Waals surface area contributed by atoms with Crippen LogP contribution in [-0.2, 0) is 17.7 Å². The van der Waals surface area contributed by atoms with Gasteiger partial charge in [-0.3, -0.25) is 15.3 Å². The van der Waals surface area contributed by atoms with Gasteiger partial charge in [0.1, 0.15) is 0 Å². The summed E-state index contributed by atoms with van der Waals surface area (Å²) in [5.74, 6) is -0.105. The molecular weight excluding hydrogens is 334 g/mol. The summed E-state index contributed by atoms with van der Waals surface area (Å²) in [5, 5.41) is 11.2. The van der Waals surface area contributed by atoms with E-state index >= 15 is 0 Å². The first kappa shape index (κ1) is 18.8. The van der Waals surface area contributed by atoms with Crippen LogP contribution in [0, 0.1) is 5.41 Å². The molecule has 1 heterocycles. The molecule has 7 heteroatoms. The van der Waals surface area contributed by atoms with Gasteiger partial charge < -0.3 is 15.8 Å². The number of nitrogens with zero attached hydrogens (tertiary/aromatic N) is 2. The van der Waals surface area contributed by atoms with E-state index in [0.717, 1.165) is 12.0 Å². The molecule has 4 N–H and O–H groups in total. The van der Waals surface area contributed by atoms with Gasteiger partial charge in [-0.25, -0.2) is 0 Å². The zero-order valence-electron chi connectivity index (χ0n) is 14.0. The predicted octanol–water partition coefficient (Wildman–Crippen LogP) is 1.91. The van der Waals surface area contributed by atoms with Crippen LogP contribution in [0.4, 0.5) is 0 Å². The number of aromatic nitrogens is 1. The standard InChI is InChI=1S/C18H23N5OS/c19-17(20)23(14-16-7-4-9-21-13-16)18(25)22-10-12-24-11-8-15-5-2-1-3-6-15/h1-7,9,13H,8,10-12,14H2,(H3,19,20)(H,22,25). The van der Waals surface area contributed by atoms with E-state index in [1.807, 2.05) is 30.3 Å². The van der Waals surface area contributed by atoms with E-state index in [1.54, 1.807) is 12.4 Å². The topological polar surface area (TPSA) is 87.3 Å². The highest BCUT2D eigenvalue weighted by Crippen LogP contribution is 2.03. The Morgan fingerprint density at radius 3 is 2.60 bits per heavy atom. The maximum Gasteiger partial charge on any atom is 0.195 e. The second-order valence-electron chi connectivity index (χ2n) is 5.41. The quantitative estimate of drug-likeness (QED) is 0.290. The number of hydrogen-bond acceptors (Lipinski definition) is 4. The van der Waals surface area contributed by atoms with Crippen molar-refractivity contribution in [1.29, 1.82) is 5.41 Å². The minimum atomic E-state index is -0.105. The molecule has 0 amide bonds. The molecule has 0 aliphatic carbocycles. The molecule has 0 atom stereocenters. The van der Waals surface area contributed by atoms with Crippen LogP contribution in [0.15, 0.2) is 54.9 Å². The van der Waals surface area contributed by atoms with Gasteiger partial charge in [0, 0.05) is 18.9 Å². The van der Waals surface area contributed by atoms with Gasteiger partial charge in [-0.15, -0.1) is 0 Å². The van der Waals surface area contributed by atoms with Crippen LogP contribution in [0.25, 0.3) is 0 Å². The van der Waals surface area contributed by atoms with Crippen molar-refractivity contribution >= 4 is 23.3 Å². The molecule has 0 spiro atoms. The highest BCUT2D eigenvalue weighted by molar-refractivity contribution is 7.80. The third kappa shape index (κ3) is 6.86. The minimum absolute atomic E-state index is 0.105. The SMILES string of the molecule is N=C(N)N(Cc1cccnc1)C(=S)NCCOCCc1ccccc1. The monoisotopic (exact) mass is 357 g/mol. The van der Waals surface area contributed by atoms with Gasteiger partial charge in [-0.1, -0.05) is 36.4 Å². The van der Waals surface area contributed by atoms with Gasteiger partial charge in [0.05, 0.1) is 19.8 Å². The highest BCUT2D eigenvalue weighted by Gasteiger charge is 2.12. The Hall–Kier alpha value is -2.51. The maximum absolute atomic E-state index is 7.70. The Kier molecular flexibility index (Phi) is 7.81. The van der Waals surface area contributed by atoms with Gasteiger partial charge in [0.2, 0.25) is 0 Å². The fourth-order valence-electron chi connectivity index (χ4n) is 2.20. The van der Waals surface area contributed by atoms with E-state index in [2.05, 4.69) is 22.4 Å². The third-order valence-corrected chi connectivity index (χ3v) is 3.86. The van der Waals surface area contributed by atoms with Crippen molar-refractivity contribution in [2.75, 3.05) is 19.8 Å². The first-order valence-corrected chi connectivity index (χ1v) is 8.47. The van der Waals surface area contributed by atoms with Crippen molar-refractivity contribution < 1.29 is 4.74 Å². The number of ether oxygens (including phenoxy) is 1. The summed E-state index contributed by atoms with van der Waals surface area (Å²) in [4.78, 5) is 5.58. The van der Waals surface area contributed by atoms with E-state index < -0.39 is 0 Å². The number of hydrogen-bond donors (Lipinski definition) is 3. The second kappa shape index (κ2) is 10.4. The van der Waals surface area contributed by atoms with E-state index in [-0.39, 0.29) is 5.96 Å². The molecule has 0 bridgehead atoms. The van der Waals surface area contributed by atoms with E-state index in [0.29, 0.717) is 31.4 Å². The van der Waals surface area contributed by atoms with Crippen LogP contribution < -0.4 is 11.1 Å². The van der Waals surface area contributed by atoms with Gasteiger partial charge in [0.25, 0.3) is 0 Å². The lowest BCUT2D eigenvalue weighted by Gasteiger charge is -2.23. The molecule has 0 aliphatic rings. The summed E-state index contributed by atoms with van der Waals surface area (Å²) < 4.78 is 5.61. The smallest absolute Gasteiger partial charge is 0.195 e. The van der Waals surface area contributed by atoms with Crippen molar-refractivity contribution in [3.05, 3.63) is 66.0 Å². The Bertz CT molecular complexity index is 666. The van der Waals surface area contributed by atoms with Gasteiger partial charge in [-0.05, 0) is 35.8 Å². The fraction of sp³-hybridized carbons (Fsp3) is 0.278. The predicted molar refractivity (Wildman–Crippen MR) is 103 cm³/mol. The van der Waals surface area contributed by atoms with Crippen LogP contribution >= 0.6 is 12.2 Å². The zero-order valence-corrected chi connectivity index (χ0v) is 14.8. The normalized spacial score (nSPS) is 10.2. The maximum atomic E-state index is 7.70. The van der Waals surface area contributed by atoms with Crippen LogP contribution in [-0.4, -0.2) is 40.7 Å². The Morgan fingerprint density at radius 2 is 1.92 bits per heavy atom. The third-order valence-electron chi connectivity index (χ3n) is 3.50. The molecule has 0 saturated heterocycles. The number of nitrogens with two attached hydrogens (primary N) is 1. The molecule has 6 nitrogen and oxygen atoms in total. The lowest BCUT2D eigenvalue weighted by molar-refractivity contribution is 0.141. The summed E-state index contributed by atoms with van der Waals surface area (Å²) in [5.41, 5.74) is 7.82. The number of rotatable bonds is 8. The summed E-state index contributed by atoms with van der Waals surface area (Å²) in [6, 6.07) is 14.0. The molecule has 1 aromatic heterocycles. The number of pyridine rings is 1. The van der Waals surface area contributed by atoms with Crippen molar-refractivity contribution in [2.24, 2.45) is 5.73 Å². The molecule has 132 valence electrons. The van der Waals surface area contributed by atoms with Crippen molar-refractivity contribution in [1.82, 2.24) is 15.2 Å². The summed E-state index contributed by atoms with van der Waals surface area (Å²) in [6.45, 7) is 2.16. The average Bonchev–Trinajstić information content (AvgIpc) is 2.64. The fourth-order valence-corrected chi connectivity index (χ4v) is 2.47. The first-order valence-electron chi connectivity index (χ1n) is 8.07. The molecular formula is C18H23N5OS. The Labute approximate surface area is 153 Å². The van der Waals surface area contributed by atoms with E-state index in [9.17, 15) is 0 Å². The number of benzene rings is 1. The molecule has 2 aromatic rings. The molecule has 1 aromatic carbocycles. The number of guanidine groups is 1. The highest BCUT2D eigenvalue weighted by atomic mass is 32.1. The summed E-state index contributed by atoms with van der Waals surface area (Å²) >= 11 is 5.32. The van der Waals surface area contributed by atoms with Crippen LogP contribution in [0.1, 0.15) is 11.1 Å². The molecule has 0 saturated carbocycles. The first-order chi connectivity index (χ1) is 12.2. The number of nitrogens with one attached hydrogen (secondary N) is 2. The average molecular weight is 357 g/mol. The van der Waals surface area contributed by atoms with Crippen LogP contribution in [0.5, 0.6) is 0 Å². The second-order valence-corrected chi connectivity index (χ2v) is 5.80. The van der Waals surface area contributed by atoms with Gasteiger partial charge >= 0.3 is 0 Å². The molecule has 0 radical (unpaired) electrons. The van der Waals surface area contributed by atoms with Crippen molar-refractivity contribution in [2.45, 2.75) is 13.0 Å². The molecule has 2 rings (SSSR count). The van der Waals surface area contributed by atoms with E-state index in [4.69, 9.17) is 28.1 Å². The molecule has 0 aliphatic heterocycles.